The minimum Gasteiger partial charge on any atom is -0.456 e. The van der Waals surface area contributed by atoms with E-state index in [0.29, 0.717) is 17.5 Å². The molecule has 10 aromatic carbocycles. The summed E-state index contributed by atoms with van der Waals surface area (Å²) in [6.45, 7) is 4.25. The van der Waals surface area contributed by atoms with E-state index < -0.39 is 0 Å². The third-order valence-corrected chi connectivity index (χ3v) is 14.6. The molecule has 14 rings (SSSR count). The molecule has 342 valence electrons. The van der Waals surface area contributed by atoms with Crippen LogP contribution >= 0.6 is 11.3 Å². The Morgan fingerprint density at radius 2 is 0.917 bits per heavy atom. The van der Waals surface area contributed by atoms with E-state index in [-0.39, 0.29) is 0 Å². The number of hydrogen-bond donors (Lipinski definition) is 0. The highest BCUT2D eigenvalue weighted by Gasteiger charge is 2.21. The maximum absolute atomic E-state index is 6.33. The van der Waals surface area contributed by atoms with Gasteiger partial charge in [0.1, 0.15) is 11.2 Å². The van der Waals surface area contributed by atoms with Crippen molar-refractivity contribution in [3.05, 3.63) is 231 Å². The van der Waals surface area contributed by atoms with Crippen molar-refractivity contribution in [2.24, 2.45) is 0 Å². The Morgan fingerprint density at radius 3 is 1.69 bits per heavy atom. The largest absolute Gasteiger partial charge is 0.456 e. The van der Waals surface area contributed by atoms with E-state index >= 15 is 0 Å². The van der Waals surface area contributed by atoms with Crippen molar-refractivity contribution in [1.82, 2.24) is 19.5 Å². The Balaban J connectivity index is 0.00000164. The maximum atomic E-state index is 6.33. The van der Waals surface area contributed by atoms with Gasteiger partial charge in [0, 0.05) is 69.7 Å². The molecular weight excluding hydrogens is 897 g/mol. The lowest BCUT2D eigenvalue weighted by Gasteiger charge is -2.16. The Hall–Kier alpha value is -8.97. The summed E-state index contributed by atoms with van der Waals surface area (Å²) in [5, 5.41) is 7.09. The first kappa shape index (κ1) is 43.1. The van der Waals surface area contributed by atoms with Crippen LogP contribution in [0.1, 0.15) is 20.3 Å². The molecule has 0 fully saturated rings. The topological polar surface area (TPSA) is 56.7 Å². The molecule has 0 radical (unpaired) electrons. The molecule has 0 unspecified atom stereocenters. The highest BCUT2D eigenvalue weighted by atomic mass is 32.1. The fourth-order valence-electron chi connectivity index (χ4n) is 10.2. The number of thiophene rings is 1. The summed E-state index contributed by atoms with van der Waals surface area (Å²) in [7, 11) is 0. The van der Waals surface area contributed by atoms with Crippen molar-refractivity contribution in [3.63, 3.8) is 0 Å². The van der Waals surface area contributed by atoms with Gasteiger partial charge in [-0.3, -0.25) is 0 Å². The van der Waals surface area contributed by atoms with Gasteiger partial charge >= 0.3 is 0 Å². The van der Waals surface area contributed by atoms with Gasteiger partial charge in [-0.2, -0.15) is 0 Å². The van der Waals surface area contributed by atoms with Gasteiger partial charge < -0.3 is 8.98 Å². The quantitative estimate of drug-likeness (QED) is 0.160. The lowest BCUT2D eigenvalue weighted by Crippen LogP contribution is -2.01. The smallest absolute Gasteiger partial charge is 0.164 e. The molecule has 14 aromatic rings. The van der Waals surface area contributed by atoms with Gasteiger partial charge in [-0.15, -0.1) is 11.3 Å². The van der Waals surface area contributed by atoms with Gasteiger partial charge in [0.15, 0.2) is 17.5 Å². The lowest BCUT2D eigenvalue weighted by atomic mass is 9.92. The molecular formula is C66H46N4OS. The van der Waals surface area contributed by atoms with E-state index in [1.54, 1.807) is 0 Å². The number of aromatic nitrogens is 4. The van der Waals surface area contributed by atoms with Crippen LogP contribution in [0.5, 0.6) is 0 Å². The normalized spacial score (nSPS) is 11.5. The molecule has 0 spiro atoms. The Labute approximate surface area is 421 Å². The standard InChI is InChI=1S/C63H38N4OS.C3H8/c1-3-16-39(17-4-1)43-34-44(36-45(35-43)48-26-15-28-54-52-24-9-12-31-58(52)69-60(48)54)47-25-14-27-53-49-22-7-10-29-55(49)67(59(47)53)46-21-13-20-41(37-46)62-64-61(40-18-5-2-6-19-40)65-63(66-62)42-32-33-51-50-23-8-11-30-56(50)68-57(51)38-42;1-3-2/h1-38H;3H2,1-2H3. The van der Waals surface area contributed by atoms with Gasteiger partial charge in [0.2, 0.25) is 0 Å². The van der Waals surface area contributed by atoms with Crippen molar-refractivity contribution < 1.29 is 4.42 Å². The molecule has 0 saturated carbocycles. The van der Waals surface area contributed by atoms with Crippen LogP contribution in [0, 0.1) is 0 Å². The highest BCUT2D eigenvalue weighted by Crippen LogP contribution is 2.45. The summed E-state index contributed by atoms with van der Waals surface area (Å²) in [5.74, 6) is 1.76. The van der Waals surface area contributed by atoms with Gasteiger partial charge in [-0.05, 0) is 88.5 Å². The number of fused-ring (bicyclic) bond motifs is 9. The number of furan rings is 1. The fraction of sp³-hybridized carbons (Fsp3) is 0.0455. The summed E-state index contributed by atoms with van der Waals surface area (Å²) in [6, 6.07) is 81.9. The van der Waals surface area contributed by atoms with E-state index in [0.717, 1.165) is 66.5 Å². The molecule has 4 aromatic heterocycles. The molecule has 0 aliphatic rings. The van der Waals surface area contributed by atoms with Crippen molar-refractivity contribution in [3.8, 4) is 73.2 Å². The lowest BCUT2D eigenvalue weighted by molar-refractivity contribution is 0.669. The van der Waals surface area contributed by atoms with Crippen LogP contribution in [-0.2, 0) is 0 Å². The van der Waals surface area contributed by atoms with Crippen molar-refractivity contribution in [1.29, 1.82) is 0 Å². The second-order valence-corrected chi connectivity index (χ2v) is 19.3. The van der Waals surface area contributed by atoms with E-state index in [2.05, 4.69) is 194 Å². The van der Waals surface area contributed by atoms with E-state index in [1.807, 2.05) is 65.9 Å². The average Bonchev–Trinajstić information content (AvgIpc) is 4.13. The minimum absolute atomic E-state index is 0.575. The van der Waals surface area contributed by atoms with E-state index in [1.165, 1.54) is 59.6 Å². The SMILES string of the molecule is CCC.c1ccc(-c2cc(-c3cccc4c3sc3ccccc34)cc(-c3cccc4c5ccccc5n(-c5cccc(-c6nc(-c7ccccc7)nc(-c7ccc8c(c7)oc7ccccc78)n6)c5)c34)c2)cc1. The van der Waals surface area contributed by atoms with Crippen molar-refractivity contribution in [2.75, 3.05) is 0 Å². The fourth-order valence-corrected chi connectivity index (χ4v) is 11.5. The number of nitrogens with zero attached hydrogens (tertiary/aromatic N) is 4. The average molecular weight is 943 g/mol. The third kappa shape index (κ3) is 7.52. The summed E-state index contributed by atoms with van der Waals surface area (Å²) in [4.78, 5) is 15.5. The molecule has 5 nitrogen and oxygen atoms in total. The van der Waals surface area contributed by atoms with Gasteiger partial charge in [0.25, 0.3) is 0 Å². The van der Waals surface area contributed by atoms with Gasteiger partial charge in [-0.25, -0.2) is 15.0 Å². The van der Waals surface area contributed by atoms with Crippen LogP contribution in [-0.4, -0.2) is 19.5 Å². The van der Waals surface area contributed by atoms with E-state index in [4.69, 9.17) is 19.4 Å². The number of rotatable bonds is 7. The van der Waals surface area contributed by atoms with Crippen LogP contribution in [0.4, 0.5) is 0 Å². The van der Waals surface area contributed by atoms with Gasteiger partial charge in [0.05, 0.1) is 11.0 Å². The molecule has 0 aliphatic heterocycles. The molecule has 0 amide bonds. The van der Waals surface area contributed by atoms with Crippen LogP contribution in [0.25, 0.3) is 137 Å². The Bertz CT molecular complexity index is 4340. The van der Waals surface area contributed by atoms with Gasteiger partial charge in [-0.1, -0.05) is 190 Å². The second-order valence-electron chi connectivity index (χ2n) is 18.2. The predicted molar refractivity (Wildman–Crippen MR) is 303 cm³/mol. The number of benzene rings is 10. The molecule has 0 aliphatic carbocycles. The number of hydrogen-bond acceptors (Lipinski definition) is 5. The zero-order valence-electron chi connectivity index (χ0n) is 39.8. The summed E-state index contributed by atoms with van der Waals surface area (Å²) in [5.41, 5.74) is 14.6. The molecule has 4 heterocycles. The van der Waals surface area contributed by atoms with Crippen LogP contribution in [0.2, 0.25) is 0 Å². The van der Waals surface area contributed by atoms with E-state index in [9.17, 15) is 0 Å². The summed E-state index contributed by atoms with van der Waals surface area (Å²) in [6.07, 6.45) is 1.25. The van der Waals surface area contributed by atoms with Crippen LogP contribution in [0.3, 0.4) is 0 Å². The molecule has 0 atom stereocenters. The zero-order valence-corrected chi connectivity index (χ0v) is 40.6. The molecule has 0 N–H and O–H groups in total. The maximum Gasteiger partial charge on any atom is 0.164 e. The van der Waals surface area contributed by atoms with Crippen molar-refractivity contribution in [2.45, 2.75) is 20.3 Å². The first-order valence-electron chi connectivity index (χ1n) is 24.6. The monoisotopic (exact) mass is 942 g/mol. The summed E-state index contributed by atoms with van der Waals surface area (Å²) >= 11 is 1.87. The third-order valence-electron chi connectivity index (χ3n) is 13.4. The first-order chi connectivity index (χ1) is 35.6. The first-order valence-corrected chi connectivity index (χ1v) is 25.4. The number of para-hydroxylation sites is 3. The summed E-state index contributed by atoms with van der Waals surface area (Å²) < 4.78 is 11.3. The van der Waals surface area contributed by atoms with Crippen LogP contribution in [0.15, 0.2) is 235 Å². The molecule has 72 heavy (non-hydrogen) atoms. The molecule has 0 bridgehead atoms. The van der Waals surface area contributed by atoms with Crippen molar-refractivity contribution >= 4 is 75.3 Å². The Kier molecular flexibility index (Phi) is 10.8. The molecule has 6 heteroatoms. The molecule has 0 saturated heterocycles. The zero-order chi connectivity index (χ0) is 48.1. The Morgan fingerprint density at radius 1 is 0.375 bits per heavy atom. The highest BCUT2D eigenvalue weighted by molar-refractivity contribution is 7.26. The predicted octanol–water partition coefficient (Wildman–Crippen LogP) is 18.7. The minimum atomic E-state index is 0.575. The second kappa shape index (κ2) is 18.1. The van der Waals surface area contributed by atoms with Crippen LogP contribution < -0.4 is 0 Å².